The Labute approximate surface area is 119 Å². The minimum Gasteiger partial charge on any atom is -0.869 e. The van der Waals surface area contributed by atoms with Crippen LogP contribution < -0.4 is 10.2 Å². The van der Waals surface area contributed by atoms with Gasteiger partial charge in [-0.1, -0.05) is 0 Å². The van der Waals surface area contributed by atoms with E-state index in [0.29, 0.717) is 0 Å². The molecule has 0 aromatic carbocycles. The smallest absolute Gasteiger partial charge is 0.869 e. The fourth-order valence-corrected chi connectivity index (χ4v) is 0.533. The summed E-state index contributed by atoms with van der Waals surface area (Å²) in [4.78, 5) is 19.8. The summed E-state index contributed by atoms with van der Waals surface area (Å²) in [7, 11) is 0. The summed E-state index contributed by atoms with van der Waals surface area (Å²) >= 11 is 0. The molecule has 11 heteroatoms. The maximum atomic E-state index is 11.3. The number of hydrogen-bond acceptors (Lipinski definition) is 4. The zero-order valence-corrected chi connectivity index (χ0v) is 10.8. The van der Waals surface area contributed by atoms with Crippen molar-refractivity contribution < 1.29 is 46.1 Å². The van der Waals surface area contributed by atoms with Crippen LogP contribution in [0.3, 0.4) is 0 Å². The summed E-state index contributed by atoms with van der Waals surface area (Å²) in [5.74, 6) is -6.02. The van der Waals surface area contributed by atoms with Crippen LogP contribution >= 0.6 is 0 Å². The average molecular weight is 315 g/mol. The molecule has 0 rings (SSSR count). The first-order valence-electron chi connectivity index (χ1n) is 4.61. The quantitative estimate of drug-likeness (QED) is 0.319. The first-order chi connectivity index (χ1) is 8.67. The molecule has 21 heavy (non-hydrogen) atoms. The summed E-state index contributed by atoms with van der Waals surface area (Å²) in [6.45, 7) is 1.76. The second-order valence-corrected chi connectivity index (χ2v) is 3.23. The van der Waals surface area contributed by atoms with Crippen LogP contribution in [-0.4, -0.2) is 34.0 Å². The van der Waals surface area contributed by atoms with E-state index in [1.807, 2.05) is 0 Å². The SMILES string of the molecule is CC(=O)/C=C(\[O-])C(F)(F)F.CC(=O)/C=C(\[O-])C(F)(F)F.[Be+2]. The van der Waals surface area contributed by atoms with E-state index in [1.54, 1.807) is 0 Å². The maximum absolute atomic E-state index is 11.3. The van der Waals surface area contributed by atoms with Gasteiger partial charge in [0.05, 0.1) is 0 Å². The van der Waals surface area contributed by atoms with Crippen molar-refractivity contribution in [3.8, 4) is 0 Å². The molecular formula is C10H8BeF6O4. The van der Waals surface area contributed by atoms with Crippen LogP contribution in [0, 0.1) is 0 Å². The molecule has 0 spiro atoms. The van der Waals surface area contributed by atoms with Gasteiger partial charge in [0.25, 0.3) is 0 Å². The van der Waals surface area contributed by atoms with Gasteiger partial charge in [-0.2, -0.15) is 26.3 Å². The zero-order chi connectivity index (χ0) is 16.7. The van der Waals surface area contributed by atoms with Gasteiger partial charge in [0.2, 0.25) is 0 Å². The van der Waals surface area contributed by atoms with Gasteiger partial charge < -0.3 is 10.2 Å². The molecule has 0 aromatic heterocycles. The van der Waals surface area contributed by atoms with Gasteiger partial charge in [0, 0.05) is 0 Å². The Morgan fingerprint density at radius 1 is 0.762 bits per heavy atom. The number of carbonyl (C=O) groups is 2. The van der Waals surface area contributed by atoms with Crippen molar-refractivity contribution in [2.75, 3.05) is 0 Å². The monoisotopic (exact) mass is 315 g/mol. The zero-order valence-electron chi connectivity index (χ0n) is 10.8. The fourth-order valence-electron chi connectivity index (χ4n) is 0.533. The van der Waals surface area contributed by atoms with Crippen molar-refractivity contribution in [2.45, 2.75) is 26.2 Å². The third kappa shape index (κ3) is 14.4. The van der Waals surface area contributed by atoms with E-state index in [-0.39, 0.29) is 22.3 Å². The normalized spacial score (nSPS) is 12.8. The van der Waals surface area contributed by atoms with E-state index in [4.69, 9.17) is 0 Å². The Kier molecular flexibility index (Phi) is 10.6. The van der Waals surface area contributed by atoms with Crippen LogP contribution in [0.15, 0.2) is 23.7 Å². The van der Waals surface area contributed by atoms with E-state index < -0.39 is 35.4 Å². The van der Waals surface area contributed by atoms with Gasteiger partial charge in [-0.15, -0.1) is 0 Å². The summed E-state index contributed by atoms with van der Waals surface area (Å²) in [5.41, 5.74) is 0. The van der Waals surface area contributed by atoms with Crippen LogP contribution in [0.4, 0.5) is 26.3 Å². The van der Waals surface area contributed by atoms with E-state index in [0.717, 1.165) is 13.8 Å². The first-order valence-corrected chi connectivity index (χ1v) is 4.61. The van der Waals surface area contributed by atoms with Gasteiger partial charge in [0.15, 0.2) is 11.6 Å². The van der Waals surface area contributed by atoms with Gasteiger partial charge in [-0.3, -0.25) is 9.59 Å². The molecule has 0 radical (unpaired) electrons. The maximum Gasteiger partial charge on any atom is 2.00 e. The summed E-state index contributed by atoms with van der Waals surface area (Å²) in [5, 5.41) is 19.7. The van der Waals surface area contributed by atoms with E-state index in [1.165, 1.54) is 0 Å². The molecule has 0 saturated heterocycles. The van der Waals surface area contributed by atoms with Crippen molar-refractivity contribution >= 4 is 21.7 Å². The summed E-state index contributed by atoms with van der Waals surface area (Å²) in [6.07, 6.45) is -9.82. The molecular weight excluding hydrogens is 307 g/mol. The molecule has 0 aliphatic heterocycles. The number of carbonyl (C=O) groups excluding carboxylic acids is 2. The predicted octanol–water partition coefficient (Wildman–Crippen LogP) is 0.383. The minimum atomic E-state index is -4.92. The molecule has 0 atom stereocenters. The Balaban J connectivity index is -0.000000295. The Morgan fingerprint density at radius 3 is 1.00 bits per heavy atom. The third-order valence-electron chi connectivity index (χ3n) is 1.23. The molecule has 0 saturated carbocycles. The molecule has 0 bridgehead atoms. The third-order valence-corrected chi connectivity index (χ3v) is 1.23. The van der Waals surface area contributed by atoms with Gasteiger partial charge in [-0.25, -0.2) is 0 Å². The van der Waals surface area contributed by atoms with Crippen LogP contribution in [0.1, 0.15) is 13.8 Å². The summed E-state index contributed by atoms with van der Waals surface area (Å²) < 4.78 is 67.7. The van der Waals surface area contributed by atoms with Gasteiger partial charge >= 0.3 is 22.5 Å². The molecule has 4 nitrogen and oxygen atoms in total. The molecule has 0 aliphatic carbocycles. The summed E-state index contributed by atoms with van der Waals surface area (Å²) in [6, 6.07) is 0. The van der Waals surface area contributed by atoms with E-state index in [9.17, 15) is 46.1 Å². The molecule has 0 heterocycles. The van der Waals surface area contributed by atoms with Crippen molar-refractivity contribution in [1.29, 1.82) is 0 Å². The first kappa shape index (κ1) is 24.2. The van der Waals surface area contributed by atoms with Crippen molar-refractivity contribution in [3.63, 3.8) is 0 Å². The van der Waals surface area contributed by atoms with Crippen LogP contribution in [0.25, 0.3) is 0 Å². The number of hydrogen-bond donors (Lipinski definition) is 0. The average Bonchev–Trinajstić information content (AvgIpc) is 2.13. The second kappa shape index (κ2) is 9.17. The van der Waals surface area contributed by atoms with E-state index >= 15 is 0 Å². The second-order valence-electron chi connectivity index (χ2n) is 3.23. The molecule has 0 aromatic rings. The number of rotatable bonds is 2. The molecule has 0 unspecified atom stereocenters. The van der Waals surface area contributed by atoms with Crippen molar-refractivity contribution in [3.05, 3.63) is 23.7 Å². The van der Waals surface area contributed by atoms with Crippen LogP contribution in [-0.2, 0) is 9.59 Å². The van der Waals surface area contributed by atoms with Crippen LogP contribution in [0.5, 0.6) is 0 Å². The van der Waals surface area contributed by atoms with Crippen LogP contribution in [0.2, 0.25) is 0 Å². The number of halogens is 6. The Bertz CT molecular complexity index is 382. The largest absolute Gasteiger partial charge is 2.00 e. The molecule has 116 valence electrons. The molecule has 0 N–H and O–H groups in total. The standard InChI is InChI=1S/2C5H5F3O2.Be/c2*1-3(9)2-4(10)5(6,7)8;/h2*2,10H,1H3;/q;;+2/p-2/b2*4-2-;. The minimum absolute atomic E-state index is 0. The van der Waals surface area contributed by atoms with Gasteiger partial charge in [0.1, 0.15) is 0 Å². The topological polar surface area (TPSA) is 80.3 Å². The molecule has 0 aliphatic rings. The van der Waals surface area contributed by atoms with Crippen molar-refractivity contribution in [1.82, 2.24) is 0 Å². The van der Waals surface area contributed by atoms with Gasteiger partial charge in [-0.05, 0) is 37.5 Å². The number of ketones is 2. The number of alkyl halides is 6. The fraction of sp³-hybridized carbons (Fsp3) is 0.400. The Morgan fingerprint density at radius 2 is 0.952 bits per heavy atom. The number of allylic oxidation sites excluding steroid dienone is 4. The molecule has 0 amide bonds. The predicted molar refractivity (Wildman–Crippen MR) is 55.4 cm³/mol. The van der Waals surface area contributed by atoms with Crippen molar-refractivity contribution in [2.24, 2.45) is 0 Å². The van der Waals surface area contributed by atoms with E-state index in [2.05, 4.69) is 0 Å². The molecule has 0 fully saturated rings. The Hall–Kier alpha value is -1.83.